The van der Waals surface area contributed by atoms with Gasteiger partial charge in [0.05, 0.1) is 22.1 Å². The average Bonchev–Trinajstić information content (AvgIpc) is 3.82. The van der Waals surface area contributed by atoms with Crippen molar-refractivity contribution in [3.05, 3.63) is 183 Å². The Bertz CT molecular complexity index is 2880. The summed E-state index contributed by atoms with van der Waals surface area (Å²) in [6.45, 7) is 0. The maximum atomic E-state index is 4.69. The lowest BCUT2D eigenvalue weighted by molar-refractivity contribution is 1.09. The molecule has 2 heterocycles. The molecular weight excluding hydrogens is 609 g/mol. The molecule has 4 nitrogen and oxygen atoms in total. The highest BCUT2D eigenvalue weighted by molar-refractivity contribution is 6.22. The fraction of sp³-hybridized carbons (Fsp3) is 0. The van der Waals surface area contributed by atoms with E-state index in [9.17, 15) is 0 Å². The van der Waals surface area contributed by atoms with Gasteiger partial charge >= 0.3 is 0 Å². The van der Waals surface area contributed by atoms with Gasteiger partial charge in [-0.25, -0.2) is 9.97 Å². The van der Waals surface area contributed by atoms with E-state index in [1.165, 1.54) is 49.4 Å². The number of hydrogen-bond donors (Lipinski definition) is 0. The van der Waals surface area contributed by atoms with Gasteiger partial charge in [-0.1, -0.05) is 115 Å². The van der Waals surface area contributed by atoms with Crippen LogP contribution in [0.15, 0.2) is 183 Å². The topological polar surface area (TPSA) is 35.6 Å². The predicted octanol–water partition coefficient (Wildman–Crippen LogP) is 11.7. The lowest BCUT2D eigenvalue weighted by Crippen LogP contribution is -1.96. The standard InChI is InChI=1S/C46H30N4/c1-2-12-31(13-3-1)32-24-25-39-40(28-32)46(34-15-11-17-36(27-34)50-30-48-42-21-7-9-23-44(42)50)38-19-5-4-18-37(38)45(39)33-14-10-16-35(26-33)49-29-47-41-20-6-8-22-43(41)49/h1-30H. The maximum Gasteiger partial charge on any atom is 0.100 e. The van der Waals surface area contributed by atoms with Crippen molar-refractivity contribution in [2.75, 3.05) is 0 Å². The number of para-hydroxylation sites is 4. The van der Waals surface area contributed by atoms with Crippen LogP contribution in [0.5, 0.6) is 0 Å². The van der Waals surface area contributed by atoms with E-state index in [4.69, 9.17) is 0 Å². The molecule has 0 unspecified atom stereocenters. The second-order valence-corrected chi connectivity index (χ2v) is 12.7. The molecule has 0 saturated heterocycles. The van der Waals surface area contributed by atoms with Crippen LogP contribution < -0.4 is 0 Å². The zero-order valence-electron chi connectivity index (χ0n) is 27.1. The second kappa shape index (κ2) is 11.4. The molecule has 0 bridgehead atoms. The van der Waals surface area contributed by atoms with Crippen LogP contribution in [-0.2, 0) is 0 Å². The van der Waals surface area contributed by atoms with Crippen molar-refractivity contribution in [3.8, 4) is 44.8 Å². The Kier molecular flexibility index (Phi) is 6.46. The van der Waals surface area contributed by atoms with Crippen molar-refractivity contribution in [3.63, 3.8) is 0 Å². The summed E-state index contributed by atoms with van der Waals surface area (Å²) in [6, 6.07) is 60.8. The quantitative estimate of drug-likeness (QED) is 0.176. The van der Waals surface area contributed by atoms with E-state index in [1.54, 1.807) is 0 Å². The van der Waals surface area contributed by atoms with Gasteiger partial charge in [-0.3, -0.25) is 9.13 Å². The molecule has 4 heteroatoms. The van der Waals surface area contributed by atoms with Crippen molar-refractivity contribution in [1.82, 2.24) is 19.1 Å². The molecule has 8 aromatic carbocycles. The van der Waals surface area contributed by atoms with Gasteiger partial charge in [0.1, 0.15) is 12.7 Å². The molecule has 0 fully saturated rings. The van der Waals surface area contributed by atoms with E-state index in [1.807, 2.05) is 24.8 Å². The van der Waals surface area contributed by atoms with Crippen LogP contribution in [0.2, 0.25) is 0 Å². The molecule has 0 atom stereocenters. The minimum atomic E-state index is 0.983. The number of imidazole rings is 2. The molecule has 50 heavy (non-hydrogen) atoms. The van der Waals surface area contributed by atoms with Crippen molar-refractivity contribution in [2.24, 2.45) is 0 Å². The molecule has 0 N–H and O–H groups in total. The van der Waals surface area contributed by atoms with Crippen LogP contribution in [0, 0.1) is 0 Å². The molecule has 2 aromatic heterocycles. The van der Waals surface area contributed by atoms with Crippen molar-refractivity contribution in [2.45, 2.75) is 0 Å². The Morgan fingerprint density at radius 3 is 1.40 bits per heavy atom. The normalized spacial score (nSPS) is 11.6. The third-order valence-electron chi connectivity index (χ3n) is 9.86. The molecular formula is C46H30N4. The van der Waals surface area contributed by atoms with Crippen LogP contribution in [0.1, 0.15) is 0 Å². The first-order valence-electron chi connectivity index (χ1n) is 16.9. The van der Waals surface area contributed by atoms with Crippen LogP contribution >= 0.6 is 0 Å². The number of benzene rings is 8. The van der Waals surface area contributed by atoms with Gasteiger partial charge in [0.2, 0.25) is 0 Å². The number of rotatable bonds is 5. The SMILES string of the molecule is c1ccc(-c2ccc3c(-c4cccc(-n5cnc6ccccc65)c4)c4ccccc4c(-c4cccc(-n5cnc6ccccc65)c4)c3c2)cc1. The molecule has 0 aliphatic carbocycles. The van der Waals surface area contributed by atoms with E-state index in [0.29, 0.717) is 0 Å². The Labute approximate surface area is 289 Å². The molecule has 0 saturated carbocycles. The Balaban J connectivity index is 1.25. The van der Waals surface area contributed by atoms with Gasteiger partial charge in [-0.15, -0.1) is 0 Å². The first-order valence-corrected chi connectivity index (χ1v) is 16.9. The van der Waals surface area contributed by atoms with Crippen LogP contribution in [0.4, 0.5) is 0 Å². The third kappa shape index (κ3) is 4.54. The summed E-state index contributed by atoms with van der Waals surface area (Å²) in [6.07, 6.45) is 3.85. The molecule has 10 rings (SSSR count). The highest BCUT2D eigenvalue weighted by atomic mass is 15.1. The minimum Gasteiger partial charge on any atom is -0.299 e. The van der Waals surface area contributed by atoms with E-state index < -0.39 is 0 Å². The summed E-state index contributed by atoms with van der Waals surface area (Å²) < 4.78 is 4.36. The summed E-state index contributed by atoms with van der Waals surface area (Å²) in [5.74, 6) is 0. The molecule has 0 aliphatic heterocycles. The fourth-order valence-electron chi connectivity index (χ4n) is 7.56. The number of fused-ring (bicyclic) bond motifs is 4. The van der Waals surface area contributed by atoms with Gasteiger partial charge in [-0.2, -0.15) is 0 Å². The average molecular weight is 639 g/mol. The highest BCUT2D eigenvalue weighted by Gasteiger charge is 2.19. The molecule has 0 spiro atoms. The molecule has 10 aromatic rings. The Morgan fingerprint density at radius 2 is 0.800 bits per heavy atom. The van der Waals surface area contributed by atoms with Crippen LogP contribution in [0.3, 0.4) is 0 Å². The maximum absolute atomic E-state index is 4.69. The molecule has 0 aliphatic rings. The third-order valence-corrected chi connectivity index (χ3v) is 9.86. The first-order chi connectivity index (χ1) is 24.8. The lowest BCUT2D eigenvalue weighted by atomic mass is 9.84. The monoisotopic (exact) mass is 638 g/mol. The second-order valence-electron chi connectivity index (χ2n) is 12.7. The molecule has 234 valence electrons. The largest absolute Gasteiger partial charge is 0.299 e. The van der Waals surface area contributed by atoms with Crippen molar-refractivity contribution < 1.29 is 0 Å². The predicted molar refractivity (Wildman–Crippen MR) is 207 cm³/mol. The van der Waals surface area contributed by atoms with E-state index in [0.717, 1.165) is 39.0 Å². The summed E-state index contributed by atoms with van der Waals surface area (Å²) in [4.78, 5) is 9.37. The number of hydrogen-bond acceptors (Lipinski definition) is 2. The fourth-order valence-corrected chi connectivity index (χ4v) is 7.56. The molecule has 0 radical (unpaired) electrons. The van der Waals surface area contributed by atoms with Crippen molar-refractivity contribution >= 4 is 43.6 Å². The number of nitrogens with zero attached hydrogens (tertiary/aromatic N) is 4. The summed E-state index contributed by atoms with van der Waals surface area (Å²) in [5, 5.41) is 4.86. The van der Waals surface area contributed by atoms with Crippen LogP contribution in [0.25, 0.3) is 88.4 Å². The smallest absolute Gasteiger partial charge is 0.100 e. The van der Waals surface area contributed by atoms with Gasteiger partial charge in [0.15, 0.2) is 0 Å². The summed E-state index contributed by atoms with van der Waals surface area (Å²) in [5.41, 5.74) is 13.5. The van der Waals surface area contributed by atoms with Crippen LogP contribution in [-0.4, -0.2) is 19.1 Å². The van der Waals surface area contributed by atoms with E-state index in [2.05, 4.69) is 177 Å². The van der Waals surface area contributed by atoms with Gasteiger partial charge in [0.25, 0.3) is 0 Å². The zero-order chi connectivity index (χ0) is 33.0. The zero-order valence-corrected chi connectivity index (χ0v) is 27.1. The minimum absolute atomic E-state index is 0.983. The van der Waals surface area contributed by atoms with Gasteiger partial charge < -0.3 is 0 Å². The van der Waals surface area contributed by atoms with Crippen molar-refractivity contribution in [1.29, 1.82) is 0 Å². The number of aromatic nitrogens is 4. The lowest BCUT2D eigenvalue weighted by Gasteiger charge is -2.20. The Morgan fingerprint density at radius 1 is 0.320 bits per heavy atom. The van der Waals surface area contributed by atoms with Gasteiger partial charge in [-0.05, 0) is 110 Å². The molecule has 0 amide bonds. The summed E-state index contributed by atoms with van der Waals surface area (Å²) >= 11 is 0. The van der Waals surface area contributed by atoms with E-state index >= 15 is 0 Å². The van der Waals surface area contributed by atoms with E-state index in [-0.39, 0.29) is 0 Å². The first kappa shape index (κ1) is 28.3. The van der Waals surface area contributed by atoms with Gasteiger partial charge in [0, 0.05) is 11.4 Å². The Hall–Kier alpha value is -6.78. The highest BCUT2D eigenvalue weighted by Crippen LogP contribution is 2.45. The summed E-state index contributed by atoms with van der Waals surface area (Å²) in [7, 11) is 0.